The quantitative estimate of drug-likeness (QED) is 0.726. The van der Waals surface area contributed by atoms with Crippen molar-refractivity contribution >= 4 is 11.9 Å². The third-order valence-corrected chi connectivity index (χ3v) is 3.10. The molecule has 0 aliphatic carbocycles. The van der Waals surface area contributed by atoms with Crippen molar-refractivity contribution in [2.45, 2.75) is 12.5 Å². The molecule has 0 aromatic heterocycles. The van der Waals surface area contributed by atoms with Gasteiger partial charge in [0.15, 0.2) is 6.04 Å². The molecule has 5 heteroatoms. The van der Waals surface area contributed by atoms with Gasteiger partial charge in [0.2, 0.25) is 5.91 Å². The summed E-state index contributed by atoms with van der Waals surface area (Å²) in [6, 6.07) is 7.76. The minimum atomic E-state index is -1.04. The van der Waals surface area contributed by atoms with Crippen molar-refractivity contribution in [2.75, 3.05) is 13.1 Å². The average Bonchev–Trinajstić information content (AvgIpc) is 2.90. The molecule has 1 aromatic carbocycles. The van der Waals surface area contributed by atoms with Gasteiger partial charge in [-0.3, -0.25) is 4.79 Å². The molecule has 3 N–H and O–H groups in total. The molecule has 0 radical (unpaired) electrons. The van der Waals surface area contributed by atoms with Crippen molar-refractivity contribution in [1.29, 1.82) is 0 Å². The van der Waals surface area contributed by atoms with E-state index in [4.69, 9.17) is 0 Å². The van der Waals surface area contributed by atoms with Gasteiger partial charge in [-0.15, -0.1) is 0 Å². The van der Waals surface area contributed by atoms with Crippen molar-refractivity contribution in [3.8, 4) is 0 Å². The van der Waals surface area contributed by atoms with Gasteiger partial charge in [-0.1, -0.05) is 30.3 Å². The number of nitrogens with one attached hydrogen (secondary N) is 2. The summed E-state index contributed by atoms with van der Waals surface area (Å²) in [5.41, 5.74) is 0.587. The van der Waals surface area contributed by atoms with Crippen molar-refractivity contribution in [3.05, 3.63) is 35.9 Å². The minimum absolute atomic E-state index is 0.129. The summed E-state index contributed by atoms with van der Waals surface area (Å²) in [6.45, 7) is 1.42. The van der Waals surface area contributed by atoms with Crippen LogP contribution < -0.4 is 10.6 Å². The van der Waals surface area contributed by atoms with E-state index < -0.39 is 12.0 Å². The Balaban J connectivity index is 2.07. The summed E-state index contributed by atoms with van der Waals surface area (Å²) < 4.78 is 0. The second kappa shape index (κ2) is 5.64. The van der Waals surface area contributed by atoms with E-state index in [-0.39, 0.29) is 11.8 Å². The molecule has 1 heterocycles. The number of rotatable bonds is 4. The van der Waals surface area contributed by atoms with Crippen LogP contribution in [0.3, 0.4) is 0 Å². The van der Waals surface area contributed by atoms with Crippen LogP contribution in [0.1, 0.15) is 18.0 Å². The monoisotopic (exact) mass is 248 g/mol. The van der Waals surface area contributed by atoms with Crippen LogP contribution in [-0.4, -0.2) is 30.1 Å². The second-order valence-corrected chi connectivity index (χ2v) is 4.38. The van der Waals surface area contributed by atoms with Crippen LogP contribution in [0.25, 0.3) is 0 Å². The molecule has 96 valence electrons. The normalized spacial score (nSPS) is 20.3. The van der Waals surface area contributed by atoms with E-state index in [9.17, 15) is 14.7 Å². The molecule has 1 saturated heterocycles. The van der Waals surface area contributed by atoms with Gasteiger partial charge >= 0.3 is 5.97 Å². The van der Waals surface area contributed by atoms with Gasteiger partial charge < -0.3 is 15.7 Å². The summed E-state index contributed by atoms with van der Waals surface area (Å²) in [7, 11) is 0. The number of carbonyl (C=O) groups is 2. The molecule has 0 bridgehead atoms. The maximum atomic E-state index is 11.9. The third-order valence-electron chi connectivity index (χ3n) is 3.10. The fourth-order valence-electron chi connectivity index (χ4n) is 2.07. The first-order valence-electron chi connectivity index (χ1n) is 5.97. The topological polar surface area (TPSA) is 78.4 Å². The molecule has 1 aliphatic rings. The molecule has 0 saturated carbocycles. The number of carbonyl (C=O) groups excluding carboxylic acids is 1. The Morgan fingerprint density at radius 2 is 2.06 bits per heavy atom. The molecular formula is C13H16N2O3. The van der Waals surface area contributed by atoms with E-state index >= 15 is 0 Å². The van der Waals surface area contributed by atoms with Gasteiger partial charge in [0.1, 0.15) is 0 Å². The first-order chi connectivity index (χ1) is 8.68. The Morgan fingerprint density at radius 3 is 2.61 bits per heavy atom. The van der Waals surface area contributed by atoms with E-state index in [1.165, 1.54) is 0 Å². The Bertz CT molecular complexity index is 427. The number of carboxylic acid groups (broad SMARTS) is 1. The van der Waals surface area contributed by atoms with E-state index in [2.05, 4.69) is 10.6 Å². The summed E-state index contributed by atoms with van der Waals surface area (Å²) in [5, 5.41) is 14.9. The van der Waals surface area contributed by atoms with Crippen LogP contribution in [0, 0.1) is 5.92 Å². The summed E-state index contributed by atoms with van der Waals surface area (Å²) >= 11 is 0. The highest BCUT2D eigenvalue weighted by molar-refractivity contribution is 5.86. The lowest BCUT2D eigenvalue weighted by Gasteiger charge is -2.17. The third kappa shape index (κ3) is 2.87. The Hall–Kier alpha value is -1.88. The molecule has 1 amide bonds. The molecule has 18 heavy (non-hydrogen) atoms. The number of hydrogen-bond acceptors (Lipinski definition) is 3. The molecule has 2 atom stereocenters. The zero-order chi connectivity index (χ0) is 13.0. The summed E-state index contributed by atoms with van der Waals surface area (Å²) in [4.78, 5) is 23.1. The molecule has 1 aliphatic heterocycles. The van der Waals surface area contributed by atoms with Gasteiger partial charge in [0, 0.05) is 6.54 Å². The molecule has 1 unspecified atom stereocenters. The first kappa shape index (κ1) is 12.6. The molecule has 1 fully saturated rings. The lowest BCUT2D eigenvalue weighted by atomic mass is 10.0. The molecule has 0 spiro atoms. The van der Waals surface area contributed by atoms with Gasteiger partial charge in [0.05, 0.1) is 5.92 Å². The van der Waals surface area contributed by atoms with Crippen molar-refractivity contribution in [2.24, 2.45) is 5.92 Å². The van der Waals surface area contributed by atoms with E-state index in [1.807, 2.05) is 6.07 Å². The van der Waals surface area contributed by atoms with Gasteiger partial charge in [-0.2, -0.15) is 0 Å². The number of amides is 1. The zero-order valence-corrected chi connectivity index (χ0v) is 9.93. The van der Waals surface area contributed by atoms with Crippen LogP contribution >= 0.6 is 0 Å². The standard InChI is InChI=1S/C13H16N2O3/c16-12(10-6-7-14-8-10)15-11(13(17)18)9-4-2-1-3-5-9/h1-5,10-11,14H,6-8H2,(H,15,16)(H,17,18)/t10?,11-/m0/s1. The van der Waals surface area contributed by atoms with Crippen molar-refractivity contribution in [1.82, 2.24) is 10.6 Å². The van der Waals surface area contributed by atoms with E-state index in [1.54, 1.807) is 24.3 Å². The summed E-state index contributed by atoms with van der Waals surface area (Å²) in [6.07, 6.45) is 0.757. The number of hydrogen-bond donors (Lipinski definition) is 3. The van der Waals surface area contributed by atoms with Crippen LogP contribution in [0.4, 0.5) is 0 Å². The van der Waals surface area contributed by atoms with E-state index in [0.29, 0.717) is 12.1 Å². The number of aliphatic carboxylic acids is 1. The highest BCUT2D eigenvalue weighted by atomic mass is 16.4. The molecule has 5 nitrogen and oxygen atoms in total. The van der Waals surface area contributed by atoms with Crippen LogP contribution in [0.2, 0.25) is 0 Å². The van der Waals surface area contributed by atoms with Gasteiger partial charge in [0.25, 0.3) is 0 Å². The predicted octanol–water partition coefficient (Wildman–Crippen LogP) is 0.538. The average molecular weight is 248 g/mol. The molecular weight excluding hydrogens is 232 g/mol. The van der Waals surface area contributed by atoms with Crippen LogP contribution in [-0.2, 0) is 9.59 Å². The molecule has 2 rings (SSSR count). The maximum Gasteiger partial charge on any atom is 0.330 e. The highest BCUT2D eigenvalue weighted by Crippen LogP contribution is 2.15. The summed E-state index contributed by atoms with van der Waals surface area (Å²) in [5.74, 6) is -1.37. The Morgan fingerprint density at radius 1 is 1.33 bits per heavy atom. The van der Waals surface area contributed by atoms with Gasteiger partial charge in [-0.05, 0) is 18.5 Å². The fourth-order valence-corrected chi connectivity index (χ4v) is 2.07. The van der Waals surface area contributed by atoms with Crippen LogP contribution in [0.5, 0.6) is 0 Å². The maximum absolute atomic E-state index is 11.9. The Labute approximate surface area is 105 Å². The zero-order valence-electron chi connectivity index (χ0n) is 9.93. The van der Waals surface area contributed by atoms with Crippen LogP contribution in [0.15, 0.2) is 30.3 Å². The SMILES string of the molecule is O=C(N[C@H](C(=O)O)c1ccccc1)C1CCNC1. The fraction of sp³-hybridized carbons (Fsp3) is 0.385. The second-order valence-electron chi connectivity index (χ2n) is 4.38. The Kier molecular flexibility index (Phi) is 3.94. The predicted molar refractivity (Wildman–Crippen MR) is 65.9 cm³/mol. The van der Waals surface area contributed by atoms with Crippen molar-refractivity contribution < 1.29 is 14.7 Å². The van der Waals surface area contributed by atoms with Crippen molar-refractivity contribution in [3.63, 3.8) is 0 Å². The van der Waals surface area contributed by atoms with Gasteiger partial charge in [-0.25, -0.2) is 4.79 Å². The lowest BCUT2D eigenvalue weighted by molar-refractivity contribution is -0.142. The smallest absolute Gasteiger partial charge is 0.330 e. The minimum Gasteiger partial charge on any atom is -0.479 e. The molecule has 1 aromatic rings. The largest absolute Gasteiger partial charge is 0.479 e. The number of carboxylic acids is 1. The lowest BCUT2D eigenvalue weighted by Crippen LogP contribution is -2.38. The number of benzene rings is 1. The van der Waals surface area contributed by atoms with E-state index in [0.717, 1.165) is 13.0 Å². The highest BCUT2D eigenvalue weighted by Gasteiger charge is 2.28. The first-order valence-corrected chi connectivity index (χ1v) is 5.97.